The zero-order valence-corrected chi connectivity index (χ0v) is 33.1. The number of hydrogen-bond acceptors (Lipinski definition) is 7. The molecule has 7 nitrogen and oxygen atoms in total. The molecular formula is C44H78O7. The maximum Gasteiger partial charge on any atom is 0.309 e. The first-order valence-corrected chi connectivity index (χ1v) is 22.4. The van der Waals surface area contributed by atoms with Gasteiger partial charge in [0.05, 0.1) is 61.7 Å². The molecule has 296 valence electrons. The Kier molecular flexibility index (Phi) is 21.5. The van der Waals surface area contributed by atoms with Crippen molar-refractivity contribution in [3.63, 3.8) is 0 Å². The van der Waals surface area contributed by atoms with Gasteiger partial charge in [-0.3, -0.25) is 9.59 Å². The number of ether oxygens (including phenoxy) is 5. The SMILES string of the molecule is CCCCCCCCCCCCCC1OC1CCCOC(=O)C1CC2OC2CC1C(=O)OCCCC1OC1CCCCCCCCCCCCC. The first-order valence-electron chi connectivity index (χ1n) is 22.4. The Morgan fingerprint density at radius 2 is 0.706 bits per heavy atom. The van der Waals surface area contributed by atoms with Gasteiger partial charge in [-0.25, -0.2) is 0 Å². The van der Waals surface area contributed by atoms with Crippen molar-refractivity contribution in [1.82, 2.24) is 0 Å². The van der Waals surface area contributed by atoms with Crippen molar-refractivity contribution < 1.29 is 33.3 Å². The van der Waals surface area contributed by atoms with Gasteiger partial charge in [-0.15, -0.1) is 0 Å². The lowest BCUT2D eigenvalue weighted by molar-refractivity contribution is -0.162. The summed E-state index contributed by atoms with van der Waals surface area (Å²) in [5.41, 5.74) is 0. The van der Waals surface area contributed by atoms with Crippen molar-refractivity contribution in [2.45, 2.75) is 243 Å². The third-order valence-corrected chi connectivity index (χ3v) is 12.1. The minimum absolute atomic E-state index is 0.0899. The third-order valence-electron chi connectivity index (χ3n) is 12.1. The van der Waals surface area contributed by atoms with E-state index in [1.165, 1.54) is 141 Å². The average molecular weight is 719 g/mol. The van der Waals surface area contributed by atoms with E-state index in [0.29, 0.717) is 50.5 Å². The molecule has 7 heteroatoms. The second-order valence-electron chi connectivity index (χ2n) is 16.6. The van der Waals surface area contributed by atoms with Gasteiger partial charge >= 0.3 is 11.9 Å². The molecule has 0 radical (unpaired) electrons. The molecule has 3 saturated heterocycles. The summed E-state index contributed by atoms with van der Waals surface area (Å²) in [6.07, 6.45) is 38.6. The van der Waals surface area contributed by atoms with Gasteiger partial charge < -0.3 is 23.7 Å². The number of hydrogen-bond donors (Lipinski definition) is 0. The molecule has 0 aromatic heterocycles. The average Bonchev–Trinajstić information content (AvgIpc) is 4.05. The van der Waals surface area contributed by atoms with E-state index in [1.807, 2.05) is 0 Å². The van der Waals surface area contributed by atoms with E-state index in [2.05, 4.69) is 13.8 Å². The van der Waals surface area contributed by atoms with Gasteiger partial charge in [-0.05, 0) is 51.4 Å². The minimum atomic E-state index is -0.464. The lowest BCUT2D eigenvalue weighted by Crippen LogP contribution is -2.38. The van der Waals surface area contributed by atoms with Crippen LogP contribution in [0.4, 0.5) is 0 Å². The summed E-state index contributed by atoms with van der Waals surface area (Å²) in [7, 11) is 0. The fraction of sp³-hybridized carbons (Fsp3) is 0.955. The molecule has 8 unspecified atom stereocenters. The maximum absolute atomic E-state index is 13.1. The molecule has 0 N–H and O–H groups in total. The smallest absolute Gasteiger partial charge is 0.309 e. The van der Waals surface area contributed by atoms with Crippen LogP contribution in [0.2, 0.25) is 0 Å². The van der Waals surface area contributed by atoms with Crippen LogP contribution in [-0.2, 0) is 33.3 Å². The predicted molar refractivity (Wildman–Crippen MR) is 205 cm³/mol. The fourth-order valence-corrected chi connectivity index (χ4v) is 8.47. The van der Waals surface area contributed by atoms with Gasteiger partial charge in [0.2, 0.25) is 0 Å². The summed E-state index contributed by atoms with van der Waals surface area (Å²) in [5, 5.41) is 0. The van der Waals surface area contributed by atoms with E-state index in [9.17, 15) is 9.59 Å². The fourth-order valence-electron chi connectivity index (χ4n) is 8.47. The molecule has 8 atom stereocenters. The Morgan fingerprint density at radius 1 is 0.412 bits per heavy atom. The van der Waals surface area contributed by atoms with E-state index in [-0.39, 0.29) is 24.1 Å². The monoisotopic (exact) mass is 719 g/mol. The zero-order chi connectivity index (χ0) is 35.9. The van der Waals surface area contributed by atoms with Gasteiger partial charge in [0.25, 0.3) is 0 Å². The summed E-state index contributed by atoms with van der Waals surface area (Å²) in [6.45, 7) is 5.33. The van der Waals surface area contributed by atoms with Crippen LogP contribution >= 0.6 is 0 Å². The topological polar surface area (TPSA) is 90.2 Å². The van der Waals surface area contributed by atoms with Crippen molar-refractivity contribution >= 4 is 11.9 Å². The lowest BCUT2D eigenvalue weighted by Gasteiger charge is -2.26. The highest BCUT2D eigenvalue weighted by Crippen LogP contribution is 2.44. The van der Waals surface area contributed by atoms with E-state index in [4.69, 9.17) is 23.7 Å². The Bertz CT molecular complexity index is 853. The summed E-state index contributed by atoms with van der Waals surface area (Å²) in [4.78, 5) is 26.2. The highest BCUT2D eigenvalue weighted by atomic mass is 16.6. The van der Waals surface area contributed by atoms with Crippen LogP contribution < -0.4 is 0 Å². The largest absolute Gasteiger partial charge is 0.465 e. The van der Waals surface area contributed by atoms with Crippen molar-refractivity contribution in [3.8, 4) is 0 Å². The lowest BCUT2D eigenvalue weighted by atomic mass is 9.79. The molecular weight excluding hydrogens is 640 g/mol. The van der Waals surface area contributed by atoms with Gasteiger partial charge in [0.1, 0.15) is 0 Å². The van der Waals surface area contributed by atoms with Gasteiger partial charge in [-0.2, -0.15) is 0 Å². The van der Waals surface area contributed by atoms with Crippen LogP contribution in [-0.4, -0.2) is 61.8 Å². The minimum Gasteiger partial charge on any atom is -0.465 e. The number of carbonyl (C=O) groups excluding carboxylic acids is 2. The van der Waals surface area contributed by atoms with Crippen molar-refractivity contribution in [2.24, 2.45) is 11.8 Å². The Balaban J connectivity index is 0.947. The first kappa shape index (κ1) is 42.6. The molecule has 4 aliphatic rings. The molecule has 1 aliphatic carbocycles. The second kappa shape index (κ2) is 25.8. The normalized spacial score (nSPS) is 27.6. The highest BCUT2D eigenvalue weighted by Gasteiger charge is 2.53. The molecule has 0 amide bonds. The molecule has 0 bridgehead atoms. The molecule has 3 aliphatic heterocycles. The molecule has 4 rings (SSSR count). The van der Waals surface area contributed by atoms with E-state index in [1.54, 1.807) is 0 Å². The Labute approximate surface area is 312 Å². The molecule has 1 saturated carbocycles. The maximum atomic E-state index is 13.1. The number of unbranched alkanes of at least 4 members (excludes halogenated alkanes) is 20. The summed E-state index contributed by atoms with van der Waals surface area (Å²) in [5.74, 6) is -1.46. The van der Waals surface area contributed by atoms with Crippen LogP contribution in [0, 0.1) is 11.8 Å². The summed E-state index contributed by atoms with van der Waals surface area (Å²) in [6, 6.07) is 0. The van der Waals surface area contributed by atoms with E-state index >= 15 is 0 Å². The summed E-state index contributed by atoms with van der Waals surface area (Å²) < 4.78 is 28.9. The molecule has 3 heterocycles. The number of rotatable bonds is 34. The quantitative estimate of drug-likeness (QED) is 0.0371. The van der Waals surface area contributed by atoms with Gasteiger partial charge in [-0.1, -0.05) is 155 Å². The van der Waals surface area contributed by atoms with Crippen LogP contribution in [0.15, 0.2) is 0 Å². The third kappa shape index (κ3) is 18.1. The van der Waals surface area contributed by atoms with Crippen LogP contribution in [0.3, 0.4) is 0 Å². The molecule has 0 aromatic carbocycles. The van der Waals surface area contributed by atoms with Crippen LogP contribution in [0.5, 0.6) is 0 Å². The number of esters is 2. The molecule has 0 spiro atoms. The van der Waals surface area contributed by atoms with Crippen molar-refractivity contribution in [2.75, 3.05) is 13.2 Å². The van der Waals surface area contributed by atoms with E-state index in [0.717, 1.165) is 38.5 Å². The second-order valence-corrected chi connectivity index (χ2v) is 16.6. The molecule has 0 aromatic rings. The molecule has 4 fully saturated rings. The number of carbonyl (C=O) groups is 2. The Morgan fingerprint density at radius 3 is 1.04 bits per heavy atom. The van der Waals surface area contributed by atoms with Gasteiger partial charge in [0, 0.05) is 0 Å². The highest BCUT2D eigenvalue weighted by molar-refractivity contribution is 5.82. The predicted octanol–water partition coefficient (Wildman–Crippen LogP) is 11.4. The number of fused-ring (bicyclic) bond motifs is 1. The van der Waals surface area contributed by atoms with Crippen LogP contribution in [0.1, 0.15) is 206 Å². The summed E-state index contributed by atoms with van der Waals surface area (Å²) >= 11 is 0. The zero-order valence-electron chi connectivity index (χ0n) is 33.1. The first-order chi connectivity index (χ1) is 25.1. The van der Waals surface area contributed by atoms with E-state index < -0.39 is 11.8 Å². The Hall–Kier alpha value is -1.18. The number of epoxide rings is 3. The standard InChI is InChI=1S/C44H78O7/c1-3-5-7-9-11-13-15-17-19-21-23-27-37-39(49-37)29-25-31-47-43(45)35-33-41-42(51-41)34-36(35)44(46)48-32-26-30-40-38(50-40)28-24-22-20-18-16-14-12-10-8-6-4-2/h35-42H,3-34H2,1-2H3. The van der Waals surface area contributed by atoms with Crippen molar-refractivity contribution in [3.05, 3.63) is 0 Å². The molecule has 51 heavy (non-hydrogen) atoms. The van der Waals surface area contributed by atoms with Gasteiger partial charge in [0.15, 0.2) is 0 Å². The van der Waals surface area contributed by atoms with Crippen LogP contribution in [0.25, 0.3) is 0 Å². The van der Waals surface area contributed by atoms with Crippen molar-refractivity contribution in [1.29, 1.82) is 0 Å².